The largest absolute Gasteiger partial charge is 0.481 e. The summed E-state index contributed by atoms with van der Waals surface area (Å²) in [4.78, 5) is 10.2. The lowest BCUT2D eigenvalue weighted by Gasteiger charge is -2.03. The van der Waals surface area contributed by atoms with E-state index in [1.165, 1.54) is 0 Å². The van der Waals surface area contributed by atoms with Gasteiger partial charge < -0.3 is 9.84 Å². The van der Waals surface area contributed by atoms with Gasteiger partial charge in [-0.3, -0.25) is 10.1 Å². The van der Waals surface area contributed by atoms with Gasteiger partial charge in [-0.2, -0.15) is 0 Å². The number of carbonyl (C=O) groups is 1. The molecule has 0 aliphatic heterocycles. The molecule has 0 amide bonds. The molecule has 4 heteroatoms. The van der Waals surface area contributed by atoms with Crippen molar-refractivity contribution in [2.24, 2.45) is 0 Å². The van der Waals surface area contributed by atoms with E-state index in [0.29, 0.717) is 13.2 Å². The summed E-state index contributed by atoms with van der Waals surface area (Å²) >= 11 is 0. The summed E-state index contributed by atoms with van der Waals surface area (Å²) in [6, 6.07) is 0. The third-order valence-corrected chi connectivity index (χ3v) is 1.90. The van der Waals surface area contributed by atoms with E-state index in [0.717, 1.165) is 38.8 Å². The van der Waals surface area contributed by atoms with Crippen LogP contribution in [0, 0.1) is 0 Å². The molecule has 0 rings (SSSR count). The maximum atomic E-state index is 10.2. The van der Waals surface area contributed by atoms with Gasteiger partial charge in [0.15, 0.2) is 0 Å². The third kappa shape index (κ3) is 11.4. The van der Waals surface area contributed by atoms with Crippen LogP contribution in [0.4, 0.5) is 0 Å². The van der Waals surface area contributed by atoms with Gasteiger partial charge in [-0.25, -0.2) is 0 Å². The van der Waals surface area contributed by atoms with Gasteiger partial charge in [0.2, 0.25) is 0 Å². The van der Waals surface area contributed by atoms with Gasteiger partial charge in [-0.05, 0) is 26.3 Å². The molecule has 0 aromatic rings. The first kappa shape index (κ1) is 13.4. The van der Waals surface area contributed by atoms with Crippen LogP contribution in [0.2, 0.25) is 0 Å². The number of rotatable bonds is 10. The summed E-state index contributed by atoms with van der Waals surface area (Å²) in [7, 11) is 0. The summed E-state index contributed by atoms with van der Waals surface area (Å²) in [6.07, 6.45) is 4.27. The molecule has 0 saturated heterocycles. The first-order chi connectivity index (χ1) is 6.77. The van der Waals surface area contributed by atoms with E-state index in [4.69, 9.17) is 9.84 Å². The number of aliphatic carboxylic acids is 1. The molecular weight excluding hydrogens is 182 g/mol. The van der Waals surface area contributed by atoms with Crippen molar-refractivity contribution in [3.05, 3.63) is 0 Å². The lowest BCUT2D eigenvalue weighted by molar-refractivity contribution is -0.137. The fourth-order valence-corrected chi connectivity index (χ4v) is 1.13. The van der Waals surface area contributed by atoms with E-state index in [9.17, 15) is 4.79 Å². The minimum absolute atomic E-state index is 0.298. The fraction of sp³-hybridized carbons (Fsp3) is 0.900. The van der Waals surface area contributed by atoms with Gasteiger partial charge in [0.05, 0.1) is 6.73 Å². The summed E-state index contributed by atoms with van der Waals surface area (Å²) in [5.41, 5.74) is 0. The van der Waals surface area contributed by atoms with Crippen molar-refractivity contribution >= 4 is 5.97 Å². The zero-order valence-electron chi connectivity index (χ0n) is 8.92. The zero-order chi connectivity index (χ0) is 10.6. The number of carboxylic acid groups (broad SMARTS) is 1. The van der Waals surface area contributed by atoms with Gasteiger partial charge in [-0.15, -0.1) is 0 Å². The Kier molecular flexibility index (Phi) is 10.0. The molecule has 0 saturated carbocycles. The Morgan fingerprint density at radius 1 is 1.29 bits per heavy atom. The molecular formula is C10H21NO3. The van der Waals surface area contributed by atoms with Crippen molar-refractivity contribution in [2.75, 3.05) is 19.9 Å². The average molecular weight is 203 g/mol. The van der Waals surface area contributed by atoms with Gasteiger partial charge in [0.25, 0.3) is 0 Å². The predicted molar refractivity (Wildman–Crippen MR) is 55.2 cm³/mol. The lowest BCUT2D eigenvalue weighted by Crippen LogP contribution is -2.18. The molecule has 0 fully saturated rings. The Morgan fingerprint density at radius 2 is 2.00 bits per heavy atom. The third-order valence-electron chi connectivity index (χ3n) is 1.90. The summed E-state index contributed by atoms with van der Waals surface area (Å²) in [5, 5.41) is 11.5. The normalized spacial score (nSPS) is 10.4. The Balaban J connectivity index is 2.88. The first-order valence-corrected chi connectivity index (χ1v) is 5.27. The van der Waals surface area contributed by atoms with E-state index in [-0.39, 0.29) is 0 Å². The van der Waals surface area contributed by atoms with Crippen molar-refractivity contribution in [2.45, 2.75) is 39.0 Å². The van der Waals surface area contributed by atoms with Crippen molar-refractivity contribution in [1.29, 1.82) is 0 Å². The van der Waals surface area contributed by atoms with Crippen LogP contribution >= 0.6 is 0 Å². The van der Waals surface area contributed by atoms with E-state index in [2.05, 4.69) is 5.32 Å². The fourth-order valence-electron chi connectivity index (χ4n) is 1.13. The van der Waals surface area contributed by atoms with Crippen LogP contribution in [0.3, 0.4) is 0 Å². The van der Waals surface area contributed by atoms with Gasteiger partial charge in [0, 0.05) is 13.0 Å². The minimum Gasteiger partial charge on any atom is -0.481 e. The maximum absolute atomic E-state index is 10.2. The van der Waals surface area contributed by atoms with Crippen LogP contribution in [-0.4, -0.2) is 31.0 Å². The van der Waals surface area contributed by atoms with E-state index in [1.807, 2.05) is 6.92 Å². The highest BCUT2D eigenvalue weighted by Gasteiger charge is 1.95. The minimum atomic E-state index is -0.695. The molecule has 14 heavy (non-hydrogen) atoms. The maximum Gasteiger partial charge on any atom is 0.303 e. The summed E-state index contributed by atoms with van der Waals surface area (Å²) in [5.74, 6) is -0.695. The number of ether oxygens (including phenoxy) is 1. The van der Waals surface area contributed by atoms with E-state index in [1.54, 1.807) is 0 Å². The Hall–Kier alpha value is -0.610. The number of hydrogen-bond acceptors (Lipinski definition) is 3. The number of nitrogens with one attached hydrogen (secondary N) is 1. The first-order valence-electron chi connectivity index (χ1n) is 5.27. The molecule has 0 aromatic carbocycles. The van der Waals surface area contributed by atoms with Gasteiger partial charge in [0.1, 0.15) is 0 Å². The molecule has 4 nitrogen and oxygen atoms in total. The second-order valence-electron chi connectivity index (χ2n) is 3.20. The molecule has 0 aliphatic rings. The van der Waals surface area contributed by atoms with Crippen LogP contribution < -0.4 is 5.32 Å². The standard InChI is InChI=1S/C10H21NO3/c1-2-14-9-11-8-6-4-3-5-7-10(12)13/h11H,2-9H2,1H3,(H,12,13). The highest BCUT2D eigenvalue weighted by molar-refractivity contribution is 5.66. The van der Waals surface area contributed by atoms with Crippen LogP contribution in [0.1, 0.15) is 39.0 Å². The molecule has 0 aliphatic carbocycles. The Morgan fingerprint density at radius 3 is 2.64 bits per heavy atom. The molecule has 2 N–H and O–H groups in total. The molecule has 0 atom stereocenters. The molecule has 0 aromatic heterocycles. The highest BCUT2D eigenvalue weighted by Crippen LogP contribution is 2.01. The topological polar surface area (TPSA) is 58.6 Å². The quantitative estimate of drug-likeness (QED) is 0.418. The molecule has 84 valence electrons. The SMILES string of the molecule is CCOCNCCCCCCC(=O)O. The Bertz CT molecular complexity index is 139. The van der Waals surface area contributed by atoms with Crippen molar-refractivity contribution in [3.8, 4) is 0 Å². The van der Waals surface area contributed by atoms with Crippen LogP contribution in [0.5, 0.6) is 0 Å². The second-order valence-corrected chi connectivity index (χ2v) is 3.20. The van der Waals surface area contributed by atoms with Crippen molar-refractivity contribution in [1.82, 2.24) is 5.32 Å². The van der Waals surface area contributed by atoms with Gasteiger partial charge in [-0.1, -0.05) is 12.8 Å². The molecule has 0 spiro atoms. The average Bonchev–Trinajstić information content (AvgIpc) is 2.15. The Labute approximate surface area is 85.6 Å². The van der Waals surface area contributed by atoms with E-state index < -0.39 is 5.97 Å². The molecule has 0 heterocycles. The number of unbranched alkanes of at least 4 members (excludes halogenated alkanes) is 3. The monoisotopic (exact) mass is 203 g/mol. The van der Waals surface area contributed by atoms with Crippen LogP contribution in [-0.2, 0) is 9.53 Å². The van der Waals surface area contributed by atoms with Crippen molar-refractivity contribution in [3.63, 3.8) is 0 Å². The van der Waals surface area contributed by atoms with Crippen LogP contribution in [0.25, 0.3) is 0 Å². The van der Waals surface area contributed by atoms with Crippen LogP contribution in [0.15, 0.2) is 0 Å². The number of hydrogen-bond donors (Lipinski definition) is 2. The van der Waals surface area contributed by atoms with Crippen molar-refractivity contribution < 1.29 is 14.6 Å². The number of carboxylic acids is 1. The summed E-state index contributed by atoms with van der Waals surface area (Å²) < 4.78 is 5.10. The summed E-state index contributed by atoms with van der Waals surface area (Å²) in [6.45, 7) is 4.28. The smallest absolute Gasteiger partial charge is 0.303 e. The molecule has 0 unspecified atom stereocenters. The van der Waals surface area contributed by atoms with E-state index >= 15 is 0 Å². The zero-order valence-corrected chi connectivity index (χ0v) is 8.92. The molecule has 0 radical (unpaired) electrons. The van der Waals surface area contributed by atoms with Gasteiger partial charge >= 0.3 is 5.97 Å². The highest BCUT2D eigenvalue weighted by atomic mass is 16.5. The lowest BCUT2D eigenvalue weighted by atomic mass is 10.1. The predicted octanol–water partition coefficient (Wildman–Crippen LogP) is 1.61. The second kappa shape index (κ2) is 10.5. The molecule has 0 bridgehead atoms.